The number of aliphatic hydroxyl groups is 1. The van der Waals surface area contributed by atoms with Crippen LogP contribution in [0, 0.1) is 0 Å². The van der Waals surface area contributed by atoms with Crippen LogP contribution in [0.2, 0.25) is 0 Å². The predicted molar refractivity (Wildman–Crippen MR) is 97.3 cm³/mol. The van der Waals surface area contributed by atoms with Gasteiger partial charge in [-0.3, -0.25) is 14.9 Å². The highest BCUT2D eigenvalue weighted by Crippen LogP contribution is 2.41. The van der Waals surface area contributed by atoms with Crippen molar-refractivity contribution >= 4 is 11.8 Å². The number of ketones is 1. The number of hydrogen-bond acceptors (Lipinski definition) is 7. The maximum atomic E-state index is 12.7. The first-order valence-electron chi connectivity index (χ1n) is 8.77. The summed E-state index contributed by atoms with van der Waals surface area (Å²) >= 11 is 0. The second-order valence-electron chi connectivity index (χ2n) is 7.75. The van der Waals surface area contributed by atoms with Gasteiger partial charge in [-0.15, -0.1) is 6.58 Å². The van der Waals surface area contributed by atoms with Crippen molar-refractivity contribution in [1.29, 1.82) is 0 Å². The number of nitrogens with one attached hydrogen (secondary N) is 1. The zero-order valence-electron chi connectivity index (χ0n) is 16.7. The molecule has 7 heteroatoms. The van der Waals surface area contributed by atoms with E-state index in [1.807, 2.05) is 0 Å². The van der Waals surface area contributed by atoms with E-state index in [-0.39, 0.29) is 30.3 Å². The molecule has 1 rings (SSSR count). The first-order chi connectivity index (χ1) is 11.8. The molecular formula is C19H31NO6. The van der Waals surface area contributed by atoms with Crippen molar-refractivity contribution in [2.24, 2.45) is 0 Å². The Balaban J connectivity index is 3.31. The molecule has 0 aliphatic heterocycles. The number of esters is 1. The smallest absolute Gasteiger partial charge is 0.327 e. The Bertz CT molecular complexity index is 587. The molecule has 0 aromatic heterocycles. The molecule has 2 atom stereocenters. The molecule has 0 radical (unpaired) electrons. The molecule has 0 spiro atoms. The largest absolute Gasteiger partial charge is 0.488 e. The lowest BCUT2D eigenvalue weighted by Gasteiger charge is -2.43. The van der Waals surface area contributed by atoms with Gasteiger partial charge in [-0.25, -0.2) is 0 Å². The molecule has 0 saturated carbocycles. The minimum Gasteiger partial charge on any atom is -0.488 e. The van der Waals surface area contributed by atoms with Crippen molar-refractivity contribution < 1.29 is 28.9 Å². The van der Waals surface area contributed by atoms with Crippen LogP contribution in [0.5, 0.6) is 0 Å². The van der Waals surface area contributed by atoms with Gasteiger partial charge < -0.3 is 19.3 Å². The third-order valence-electron chi connectivity index (χ3n) is 3.34. The van der Waals surface area contributed by atoms with Crippen molar-refractivity contribution in [3.63, 3.8) is 0 Å². The van der Waals surface area contributed by atoms with Crippen molar-refractivity contribution in [3.8, 4) is 0 Å². The SMILES string of the molecule is C=CCNC(C(=O)OC(C)(C)C)C1(O)C(=O)C(OC(C)C)=C1OC(C)C. The number of hydrogen-bond donors (Lipinski definition) is 2. The fourth-order valence-electron chi connectivity index (χ4n) is 2.44. The first-order valence-corrected chi connectivity index (χ1v) is 8.77. The Morgan fingerprint density at radius 3 is 2.19 bits per heavy atom. The van der Waals surface area contributed by atoms with E-state index in [2.05, 4.69) is 11.9 Å². The normalized spacial score (nSPS) is 21.5. The maximum absolute atomic E-state index is 12.7. The van der Waals surface area contributed by atoms with Gasteiger partial charge in [0.2, 0.25) is 17.1 Å². The van der Waals surface area contributed by atoms with E-state index in [0.29, 0.717) is 0 Å². The average Bonchev–Trinajstić information content (AvgIpc) is 2.48. The van der Waals surface area contributed by atoms with Crippen molar-refractivity contribution in [1.82, 2.24) is 5.32 Å². The molecule has 26 heavy (non-hydrogen) atoms. The Morgan fingerprint density at radius 2 is 1.77 bits per heavy atom. The third-order valence-corrected chi connectivity index (χ3v) is 3.34. The molecule has 1 aliphatic rings. The molecule has 0 aromatic carbocycles. The zero-order valence-corrected chi connectivity index (χ0v) is 16.7. The van der Waals surface area contributed by atoms with Crippen LogP contribution in [-0.2, 0) is 23.8 Å². The molecular weight excluding hydrogens is 338 g/mol. The lowest BCUT2D eigenvalue weighted by Crippen LogP contribution is -2.68. The maximum Gasteiger partial charge on any atom is 0.327 e. The standard InChI is InChI=1S/C19H31NO6/c1-9-10-20-14(17(22)26-18(6,7)8)19(23)15(21)13(24-11(2)3)16(19)25-12(4)5/h9,11-12,14,20,23H,1,10H2,2-8H3. The molecule has 0 bridgehead atoms. The van der Waals surface area contributed by atoms with Crippen molar-refractivity contribution in [2.45, 2.75) is 77.9 Å². The highest BCUT2D eigenvalue weighted by atomic mass is 16.6. The van der Waals surface area contributed by atoms with E-state index in [1.165, 1.54) is 6.08 Å². The summed E-state index contributed by atoms with van der Waals surface area (Å²) in [6.45, 7) is 15.9. The number of ether oxygens (including phenoxy) is 3. The van der Waals surface area contributed by atoms with E-state index in [0.717, 1.165) is 0 Å². The first kappa shape index (κ1) is 22.2. The van der Waals surface area contributed by atoms with Crippen LogP contribution in [0.3, 0.4) is 0 Å². The third kappa shape index (κ3) is 4.86. The van der Waals surface area contributed by atoms with Crippen molar-refractivity contribution in [2.75, 3.05) is 6.54 Å². The van der Waals surface area contributed by atoms with E-state index in [9.17, 15) is 14.7 Å². The molecule has 148 valence electrons. The van der Waals surface area contributed by atoms with Crippen molar-refractivity contribution in [3.05, 3.63) is 24.2 Å². The van der Waals surface area contributed by atoms with Crippen LogP contribution in [0.15, 0.2) is 24.2 Å². The van der Waals surface area contributed by atoms with Crippen LogP contribution in [0.1, 0.15) is 48.5 Å². The minimum absolute atomic E-state index is 0.0568. The number of carbonyl (C=O) groups is 2. The topological polar surface area (TPSA) is 94.1 Å². The second kappa shape index (κ2) is 8.22. The highest BCUT2D eigenvalue weighted by Gasteiger charge is 2.64. The van der Waals surface area contributed by atoms with Gasteiger partial charge in [-0.2, -0.15) is 0 Å². The van der Waals surface area contributed by atoms with Gasteiger partial charge in [0, 0.05) is 6.54 Å². The Hall–Kier alpha value is -1.86. The molecule has 0 saturated heterocycles. The van der Waals surface area contributed by atoms with Crippen LogP contribution in [0.4, 0.5) is 0 Å². The summed E-state index contributed by atoms with van der Waals surface area (Å²) in [5.41, 5.74) is -2.98. The number of Topliss-reactive ketones (excluding diaryl/α,β-unsaturated/α-hetero) is 1. The lowest BCUT2D eigenvalue weighted by molar-refractivity contribution is -0.175. The van der Waals surface area contributed by atoms with Gasteiger partial charge in [-0.1, -0.05) is 6.08 Å². The summed E-state index contributed by atoms with van der Waals surface area (Å²) in [7, 11) is 0. The van der Waals surface area contributed by atoms with Gasteiger partial charge >= 0.3 is 5.97 Å². The fraction of sp³-hybridized carbons (Fsp3) is 0.684. The second-order valence-corrected chi connectivity index (χ2v) is 7.75. The molecule has 0 aromatic rings. The van der Waals surface area contributed by atoms with E-state index >= 15 is 0 Å². The van der Waals surface area contributed by atoms with E-state index in [4.69, 9.17) is 14.2 Å². The van der Waals surface area contributed by atoms with Gasteiger partial charge in [0.25, 0.3) is 0 Å². The minimum atomic E-state index is -2.19. The molecule has 1 aliphatic carbocycles. The molecule has 7 nitrogen and oxygen atoms in total. The highest BCUT2D eigenvalue weighted by molar-refractivity contribution is 6.13. The fourth-order valence-corrected chi connectivity index (χ4v) is 2.44. The summed E-state index contributed by atoms with van der Waals surface area (Å²) in [5, 5.41) is 13.9. The van der Waals surface area contributed by atoms with Gasteiger partial charge in [0.15, 0.2) is 11.8 Å². The Labute approximate surface area is 155 Å². The van der Waals surface area contributed by atoms with E-state index < -0.39 is 29.0 Å². The summed E-state index contributed by atoms with van der Waals surface area (Å²) < 4.78 is 16.5. The molecule has 0 heterocycles. The Morgan fingerprint density at radius 1 is 1.23 bits per heavy atom. The summed E-state index contributed by atoms with van der Waals surface area (Å²) in [6.07, 6.45) is 0.904. The summed E-state index contributed by atoms with van der Waals surface area (Å²) in [6, 6.07) is -1.35. The molecule has 2 unspecified atom stereocenters. The van der Waals surface area contributed by atoms with Gasteiger partial charge in [-0.05, 0) is 48.5 Å². The lowest BCUT2D eigenvalue weighted by atomic mass is 9.76. The van der Waals surface area contributed by atoms with Gasteiger partial charge in [0.1, 0.15) is 5.60 Å². The van der Waals surface area contributed by atoms with E-state index in [1.54, 1.807) is 48.5 Å². The van der Waals surface area contributed by atoms with Crippen LogP contribution in [0.25, 0.3) is 0 Å². The Kier molecular flexibility index (Phi) is 7.02. The van der Waals surface area contributed by atoms with Gasteiger partial charge in [0.05, 0.1) is 12.2 Å². The van der Waals surface area contributed by atoms with Crippen LogP contribution in [-0.4, -0.2) is 52.9 Å². The zero-order chi connectivity index (χ0) is 20.3. The quantitative estimate of drug-likeness (QED) is 0.473. The number of carbonyl (C=O) groups excluding carboxylic acids is 2. The molecule has 0 amide bonds. The molecule has 0 fully saturated rings. The number of rotatable bonds is 9. The molecule has 2 N–H and O–H groups in total. The van der Waals surface area contributed by atoms with Crippen LogP contribution < -0.4 is 5.32 Å². The monoisotopic (exact) mass is 369 g/mol. The summed E-state index contributed by atoms with van der Waals surface area (Å²) in [5.74, 6) is -1.60. The average molecular weight is 369 g/mol. The predicted octanol–water partition coefficient (Wildman–Crippen LogP) is 1.85. The van der Waals surface area contributed by atoms with Crippen LogP contribution >= 0.6 is 0 Å². The summed E-state index contributed by atoms with van der Waals surface area (Å²) in [4.78, 5) is 25.4.